The molecule has 4 aromatic rings. The van der Waals surface area contributed by atoms with Crippen LogP contribution in [0.15, 0.2) is 66.7 Å². The van der Waals surface area contributed by atoms with Crippen LogP contribution in [0.25, 0.3) is 32.3 Å². The Hall–Kier alpha value is -2.54. The van der Waals surface area contributed by atoms with Crippen LogP contribution < -0.4 is 0 Å². The van der Waals surface area contributed by atoms with Gasteiger partial charge < -0.3 is 5.11 Å². The summed E-state index contributed by atoms with van der Waals surface area (Å²) < 4.78 is 0. The molecule has 1 heteroatoms. The van der Waals surface area contributed by atoms with Gasteiger partial charge in [0.1, 0.15) is 5.75 Å². The van der Waals surface area contributed by atoms with Gasteiger partial charge in [-0.15, -0.1) is 0 Å². The zero-order valence-corrected chi connectivity index (χ0v) is 10.3. The Morgan fingerprint density at radius 1 is 0.526 bits per heavy atom. The summed E-state index contributed by atoms with van der Waals surface area (Å²) in [6.07, 6.45) is 0. The molecule has 4 aromatic carbocycles. The summed E-state index contributed by atoms with van der Waals surface area (Å²) in [4.78, 5) is 0. The van der Waals surface area contributed by atoms with Crippen molar-refractivity contribution in [1.82, 2.24) is 0 Å². The minimum absolute atomic E-state index is 0.374. The van der Waals surface area contributed by atoms with Gasteiger partial charge in [-0.1, -0.05) is 60.7 Å². The van der Waals surface area contributed by atoms with Gasteiger partial charge >= 0.3 is 0 Å². The SMILES string of the molecule is Oc1c2ccccc2cc2c1ccc1ccccc12. The number of benzene rings is 4. The summed E-state index contributed by atoms with van der Waals surface area (Å²) in [6, 6.07) is 22.4. The van der Waals surface area contributed by atoms with Gasteiger partial charge in [-0.25, -0.2) is 0 Å². The summed E-state index contributed by atoms with van der Waals surface area (Å²) in [6.45, 7) is 0. The Morgan fingerprint density at radius 2 is 1.21 bits per heavy atom. The van der Waals surface area contributed by atoms with Crippen molar-refractivity contribution in [2.75, 3.05) is 0 Å². The molecular weight excluding hydrogens is 232 g/mol. The van der Waals surface area contributed by atoms with Gasteiger partial charge in [-0.3, -0.25) is 0 Å². The molecule has 0 aliphatic heterocycles. The van der Waals surface area contributed by atoms with Crippen LogP contribution in [0.1, 0.15) is 0 Å². The lowest BCUT2D eigenvalue weighted by molar-refractivity contribution is 0.488. The van der Waals surface area contributed by atoms with Gasteiger partial charge in [0.2, 0.25) is 0 Å². The van der Waals surface area contributed by atoms with E-state index in [-0.39, 0.29) is 0 Å². The van der Waals surface area contributed by atoms with Gasteiger partial charge in [-0.2, -0.15) is 0 Å². The fraction of sp³-hybridized carbons (Fsp3) is 0. The highest BCUT2D eigenvalue weighted by Gasteiger charge is 2.08. The number of phenols is 1. The molecule has 0 saturated carbocycles. The largest absolute Gasteiger partial charge is 0.507 e. The number of hydrogen-bond donors (Lipinski definition) is 1. The van der Waals surface area contributed by atoms with Crippen LogP contribution in [0.3, 0.4) is 0 Å². The van der Waals surface area contributed by atoms with Gasteiger partial charge in [0.15, 0.2) is 0 Å². The van der Waals surface area contributed by atoms with E-state index in [0.717, 1.165) is 21.5 Å². The van der Waals surface area contributed by atoms with E-state index < -0.39 is 0 Å². The van der Waals surface area contributed by atoms with Gasteiger partial charge in [-0.05, 0) is 27.6 Å². The van der Waals surface area contributed by atoms with Gasteiger partial charge in [0, 0.05) is 10.8 Å². The van der Waals surface area contributed by atoms with Crippen molar-refractivity contribution in [2.45, 2.75) is 0 Å². The Balaban J connectivity index is 2.32. The van der Waals surface area contributed by atoms with Crippen molar-refractivity contribution >= 4 is 32.3 Å². The van der Waals surface area contributed by atoms with Crippen molar-refractivity contribution in [1.29, 1.82) is 0 Å². The van der Waals surface area contributed by atoms with E-state index in [9.17, 15) is 5.11 Å². The number of aromatic hydroxyl groups is 1. The maximum atomic E-state index is 10.5. The Morgan fingerprint density at radius 3 is 2.05 bits per heavy atom. The Kier molecular flexibility index (Phi) is 2.04. The Bertz CT molecular complexity index is 922. The molecule has 0 aliphatic carbocycles. The average Bonchev–Trinajstić information content (AvgIpc) is 2.47. The first-order chi connectivity index (χ1) is 9.34. The topological polar surface area (TPSA) is 20.2 Å². The lowest BCUT2D eigenvalue weighted by Crippen LogP contribution is -1.81. The molecule has 0 radical (unpaired) electrons. The first kappa shape index (κ1) is 10.4. The molecule has 4 rings (SSSR count). The fourth-order valence-corrected chi connectivity index (χ4v) is 2.80. The highest BCUT2D eigenvalue weighted by molar-refractivity contribution is 6.15. The van der Waals surface area contributed by atoms with E-state index in [1.807, 2.05) is 42.5 Å². The van der Waals surface area contributed by atoms with E-state index in [2.05, 4.69) is 24.3 Å². The van der Waals surface area contributed by atoms with Crippen molar-refractivity contribution < 1.29 is 5.11 Å². The first-order valence-corrected chi connectivity index (χ1v) is 6.37. The number of fused-ring (bicyclic) bond motifs is 4. The van der Waals surface area contributed by atoms with Gasteiger partial charge in [0.25, 0.3) is 0 Å². The molecule has 1 N–H and O–H groups in total. The van der Waals surface area contributed by atoms with E-state index in [1.54, 1.807) is 0 Å². The molecule has 19 heavy (non-hydrogen) atoms. The summed E-state index contributed by atoms with van der Waals surface area (Å²) in [7, 11) is 0. The van der Waals surface area contributed by atoms with E-state index in [0.29, 0.717) is 5.75 Å². The predicted molar refractivity (Wildman–Crippen MR) is 80.6 cm³/mol. The number of phenolic OH excluding ortho intramolecular Hbond substituents is 1. The van der Waals surface area contributed by atoms with E-state index >= 15 is 0 Å². The zero-order valence-electron chi connectivity index (χ0n) is 10.3. The third-order valence-corrected chi connectivity index (χ3v) is 3.74. The zero-order chi connectivity index (χ0) is 12.8. The predicted octanol–water partition coefficient (Wildman–Crippen LogP) is 4.85. The van der Waals surface area contributed by atoms with Crippen molar-refractivity contribution in [2.24, 2.45) is 0 Å². The van der Waals surface area contributed by atoms with Crippen LogP contribution in [0.5, 0.6) is 5.75 Å². The van der Waals surface area contributed by atoms with E-state index in [4.69, 9.17) is 0 Å². The second-order valence-corrected chi connectivity index (χ2v) is 4.83. The Labute approximate surface area is 110 Å². The molecule has 0 amide bonds. The molecule has 0 bridgehead atoms. The van der Waals surface area contributed by atoms with Crippen molar-refractivity contribution in [3.05, 3.63) is 66.7 Å². The second kappa shape index (κ2) is 3.72. The molecule has 0 spiro atoms. The maximum Gasteiger partial charge on any atom is 0.131 e. The molecular formula is C18H12O. The molecule has 0 saturated heterocycles. The summed E-state index contributed by atoms with van der Waals surface area (Å²) >= 11 is 0. The number of rotatable bonds is 0. The summed E-state index contributed by atoms with van der Waals surface area (Å²) in [5.74, 6) is 0.374. The molecule has 90 valence electrons. The molecule has 0 heterocycles. The smallest absolute Gasteiger partial charge is 0.131 e. The minimum atomic E-state index is 0.374. The number of hydrogen-bond acceptors (Lipinski definition) is 1. The first-order valence-electron chi connectivity index (χ1n) is 6.37. The van der Waals surface area contributed by atoms with E-state index in [1.165, 1.54) is 10.8 Å². The highest BCUT2D eigenvalue weighted by atomic mass is 16.3. The molecule has 1 nitrogen and oxygen atoms in total. The third-order valence-electron chi connectivity index (χ3n) is 3.74. The summed E-state index contributed by atoms with van der Waals surface area (Å²) in [5.41, 5.74) is 0. The second-order valence-electron chi connectivity index (χ2n) is 4.83. The molecule has 0 fully saturated rings. The molecule has 0 atom stereocenters. The van der Waals surface area contributed by atoms with Crippen LogP contribution in [-0.2, 0) is 0 Å². The molecule has 0 aromatic heterocycles. The molecule has 0 aliphatic rings. The minimum Gasteiger partial charge on any atom is -0.507 e. The lowest BCUT2D eigenvalue weighted by Gasteiger charge is -2.09. The van der Waals surface area contributed by atoms with Crippen molar-refractivity contribution in [3.63, 3.8) is 0 Å². The third kappa shape index (κ3) is 1.42. The summed E-state index contributed by atoms with van der Waals surface area (Å²) in [5, 5.41) is 16.9. The molecule has 0 unspecified atom stereocenters. The highest BCUT2D eigenvalue weighted by Crippen LogP contribution is 2.37. The van der Waals surface area contributed by atoms with Crippen LogP contribution >= 0.6 is 0 Å². The van der Waals surface area contributed by atoms with Crippen molar-refractivity contribution in [3.8, 4) is 5.75 Å². The van der Waals surface area contributed by atoms with Crippen LogP contribution in [-0.4, -0.2) is 5.11 Å². The van der Waals surface area contributed by atoms with Crippen LogP contribution in [0.4, 0.5) is 0 Å². The quantitative estimate of drug-likeness (QED) is 0.346. The maximum absolute atomic E-state index is 10.5. The fourth-order valence-electron chi connectivity index (χ4n) is 2.80. The monoisotopic (exact) mass is 244 g/mol. The van der Waals surface area contributed by atoms with Crippen LogP contribution in [0, 0.1) is 0 Å². The lowest BCUT2D eigenvalue weighted by atomic mass is 9.97. The standard InChI is InChI=1S/C18H12O/c19-18-15-8-4-2-6-13(15)11-17-14-7-3-1-5-12(14)9-10-16(17)18/h1-11,19H. The average molecular weight is 244 g/mol. The normalized spacial score (nSPS) is 11.4. The van der Waals surface area contributed by atoms with Gasteiger partial charge in [0.05, 0.1) is 0 Å². The van der Waals surface area contributed by atoms with Crippen LogP contribution in [0.2, 0.25) is 0 Å².